The number of carbonyl (C=O) groups is 3. The summed E-state index contributed by atoms with van der Waals surface area (Å²) in [6.45, 7) is 2.17. The van der Waals surface area contributed by atoms with E-state index < -0.39 is 17.1 Å². The van der Waals surface area contributed by atoms with Crippen LogP contribution in [0.4, 0.5) is 0 Å². The van der Waals surface area contributed by atoms with Crippen molar-refractivity contribution in [3.05, 3.63) is 23.8 Å². The van der Waals surface area contributed by atoms with Crippen molar-refractivity contribution in [1.82, 2.24) is 5.32 Å². The van der Waals surface area contributed by atoms with E-state index in [1.54, 1.807) is 25.1 Å². The molecule has 10 nitrogen and oxygen atoms in total. The van der Waals surface area contributed by atoms with E-state index in [1.807, 2.05) is 0 Å². The molecule has 1 aromatic carbocycles. The van der Waals surface area contributed by atoms with Gasteiger partial charge in [-0.25, -0.2) is 0 Å². The molecule has 1 heterocycles. The zero-order valence-electron chi connectivity index (χ0n) is 15.9. The number of aliphatic carboxylic acids is 1. The Kier molecular flexibility index (Phi) is 8.46. The van der Waals surface area contributed by atoms with Gasteiger partial charge in [0.15, 0.2) is 16.7 Å². The number of thioether (sulfide) groups is 1. The van der Waals surface area contributed by atoms with Crippen LogP contribution in [0.2, 0.25) is 0 Å². The standard InChI is InChI=1S/C18H21N3O7S/c1-3-27-16(24)6-7-28-13-8-11(4-5-12(13)26-2)10-19-21-18-20-17(25)14(29-18)9-15(22)23/h4-5,8,10,14H,3,6-7,9H2,1-2H3,(H,22,23)(H,20,21,25). The Morgan fingerprint density at radius 2 is 2.14 bits per heavy atom. The molecule has 0 radical (unpaired) electrons. The van der Waals surface area contributed by atoms with E-state index >= 15 is 0 Å². The van der Waals surface area contributed by atoms with Crippen molar-refractivity contribution >= 4 is 41.0 Å². The lowest BCUT2D eigenvalue weighted by molar-refractivity contribution is -0.143. The third kappa shape index (κ3) is 7.11. The predicted octanol–water partition coefficient (Wildman–Crippen LogP) is 1.42. The molecule has 1 unspecified atom stereocenters. The lowest BCUT2D eigenvalue weighted by Crippen LogP contribution is -2.26. The van der Waals surface area contributed by atoms with Gasteiger partial charge >= 0.3 is 11.9 Å². The number of carboxylic acids is 1. The molecule has 11 heteroatoms. The van der Waals surface area contributed by atoms with Crippen LogP contribution >= 0.6 is 11.8 Å². The normalized spacial score (nSPS) is 17.4. The number of carboxylic acid groups (broad SMARTS) is 1. The van der Waals surface area contributed by atoms with Gasteiger partial charge in [-0.2, -0.15) is 5.10 Å². The van der Waals surface area contributed by atoms with Crippen molar-refractivity contribution in [2.75, 3.05) is 20.3 Å². The first-order chi connectivity index (χ1) is 13.9. The molecule has 29 heavy (non-hydrogen) atoms. The van der Waals surface area contributed by atoms with Gasteiger partial charge in [0.1, 0.15) is 5.25 Å². The molecule has 1 aromatic rings. The minimum Gasteiger partial charge on any atom is -0.493 e. The maximum atomic E-state index is 11.7. The van der Waals surface area contributed by atoms with Gasteiger partial charge in [0, 0.05) is 0 Å². The SMILES string of the molecule is CCOC(=O)CCOc1cc(C=NN=C2NC(=O)C(CC(=O)O)S2)ccc1OC. The highest BCUT2D eigenvalue weighted by atomic mass is 32.2. The van der Waals surface area contributed by atoms with Gasteiger partial charge in [0.05, 0.1) is 39.4 Å². The van der Waals surface area contributed by atoms with Crippen LogP contribution in [0.25, 0.3) is 0 Å². The fraction of sp³-hybridized carbons (Fsp3) is 0.389. The number of methoxy groups -OCH3 is 1. The van der Waals surface area contributed by atoms with E-state index in [9.17, 15) is 14.4 Å². The van der Waals surface area contributed by atoms with Gasteiger partial charge in [0.25, 0.3) is 0 Å². The molecule has 1 amide bonds. The number of benzene rings is 1. The number of carbonyl (C=O) groups excluding carboxylic acids is 2. The number of hydrogen-bond donors (Lipinski definition) is 2. The number of amides is 1. The molecule has 2 rings (SSSR count). The summed E-state index contributed by atoms with van der Waals surface area (Å²) in [4.78, 5) is 33.8. The number of hydrogen-bond acceptors (Lipinski definition) is 9. The number of nitrogens with zero attached hydrogens (tertiary/aromatic N) is 2. The summed E-state index contributed by atoms with van der Waals surface area (Å²) in [6, 6.07) is 5.08. The maximum Gasteiger partial charge on any atom is 0.309 e. The fourth-order valence-corrected chi connectivity index (χ4v) is 3.17. The number of amidine groups is 1. The van der Waals surface area contributed by atoms with Gasteiger partial charge in [-0.05, 0) is 30.7 Å². The number of ether oxygens (including phenoxy) is 3. The zero-order chi connectivity index (χ0) is 21.2. The molecule has 156 valence electrons. The van der Waals surface area contributed by atoms with E-state index in [0.717, 1.165) is 11.8 Å². The summed E-state index contributed by atoms with van der Waals surface area (Å²) in [5.74, 6) is -0.896. The van der Waals surface area contributed by atoms with Gasteiger partial charge in [-0.15, -0.1) is 5.10 Å². The number of nitrogens with one attached hydrogen (secondary N) is 1. The summed E-state index contributed by atoms with van der Waals surface area (Å²) >= 11 is 1.02. The Bertz CT molecular complexity index is 826. The minimum atomic E-state index is -1.06. The highest BCUT2D eigenvalue weighted by Gasteiger charge is 2.32. The molecule has 0 saturated carbocycles. The first kappa shape index (κ1) is 22.2. The smallest absolute Gasteiger partial charge is 0.309 e. The average molecular weight is 423 g/mol. The second-order valence-electron chi connectivity index (χ2n) is 5.66. The van der Waals surface area contributed by atoms with Crippen LogP contribution in [0.1, 0.15) is 25.3 Å². The van der Waals surface area contributed by atoms with E-state index in [2.05, 4.69) is 15.5 Å². The van der Waals surface area contributed by atoms with Gasteiger partial charge < -0.3 is 24.6 Å². The monoisotopic (exact) mass is 423 g/mol. The van der Waals surface area contributed by atoms with Crippen LogP contribution in [-0.4, -0.2) is 59.9 Å². The molecule has 0 aliphatic carbocycles. The Morgan fingerprint density at radius 3 is 2.83 bits per heavy atom. The largest absolute Gasteiger partial charge is 0.493 e. The van der Waals surface area contributed by atoms with Crippen LogP contribution < -0.4 is 14.8 Å². The molecule has 1 aliphatic rings. The van der Waals surface area contributed by atoms with Crippen molar-refractivity contribution in [3.63, 3.8) is 0 Å². The second kappa shape index (κ2) is 11.1. The Labute approximate surface area is 171 Å². The van der Waals surface area contributed by atoms with Crippen LogP contribution in [0.15, 0.2) is 28.4 Å². The molecule has 0 aromatic heterocycles. The third-order valence-corrected chi connectivity index (χ3v) is 4.62. The highest BCUT2D eigenvalue weighted by molar-refractivity contribution is 8.15. The van der Waals surface area contributed by atoms with Crippen molar-refractivity contribution in [3.8, 4) is 11.5 Å². The summed E-state index contributed by atoms with van der Waals surface area (Å²) in [5, 5.41) is 18.6. The van der Waals surface area contributed by atoms with Crippen molar-refractivity contribution in [2.45, 2.75) is 25.0 Å². The molecular formula is C18H21N3O7S. The summed E-state index contributed by atoms with van der Waals surface area (Å²) in [5.41, 5.74) is 0.651. The van der Waals surface area contributed by atoms with Crippen LogP contribution in [0.5, 0.6) is 11.5 Å². The topological polar surface area (TPSA) is 136 Å². The first-order valence-corrected chi connectivity index (χ1v) is 9.57. The summed E-state index contributed by atoms with van der Waals surface area (Å²) in [6.07, 6.45) is 1.27. The van der Waals surface area contributed by atoms with Gasteiger partial charge in [0.2, 0.25) is 5.91 Å². The Balaban J connectivity index is 1.99. The van der Waals surface area contributed by atoms with Gasteiger partial charge in [-0.3, -0.25) is 14.4 Å². The molecular weight excluding hydrogens is 402 g/mol. The fourth-order valence-electron chi connectivity index (χ4n) is 2.26. The molecule has 1 fully saturated rings. The number of esters is 1. The number of rotatable bonds is 10. The Morgan fingerprint density at radius 1 is 1.34 bits per heavy atom. The van der Waals surface area contributed by atoms with E-state index in [1.165, 1.54) is 13.3 Å². The average Bonchev–Trinajstić information content (AvgIpc) is 3.01. The second-order valence-corrected chi connectivity index (χ2v) is 6.85. The van der Waals surface area contributed by atoms with Gasteiger partial charge in [-0.1, -0.05) is 11.8 Å². The van der Waals surface area contributed by atoms with Crippen LogP contribution in [-0.2, 0) is 19.1 Å². The molecule has 2 N–H and O–H groups in total. The third-order valence-electron chi connectivity index (χ3n) is 3.55. The molecule has 1 saturated heterocycles. The quantitative estimate of drug-likeness (QED) is 0.328. The molecule has 0 bridgehead atoms. The van der Waals surface area contributed by atoms with Crippen molar-refractivity contribution in [2.24, 2.45) is 10.2 Å². The molecule has 1 atom stereocenters. The van der Waals surface area contributed by atoms with Crippen molar-refractivity contribution in [1.29, 1.82) is 0 Å². The highest BCUT2D eigenvalue weighted by Crippen LogP contribution is 2.28. The van der Waals surface area contributed by atoms with E-state index in [0.29, 0.717) is 23.7 Å². The van der Waals surface area contributed by atoms with E-state index in [-0.39, 0.29) is 30.6 Å². The zero-order valence-corrected chi connectivity index (χ0v) is 16.7. The molecule has 1 aliphatic heterocycles. The lowest BCUT2D eigenvalue weighted by Gasteiger charge is -2.11. The predicted molar refractivity (Wildman–Crippen MR) is 107 cm³/mol. The summed E-state index contributed by atoms with van der Waals surface area (Å²) in [7, 11) is 1.50. The van der Waals surface area contributed by atoms with E-state index in [4.69, 9.17) is 19.3 Å². The molecule has 0 spiro atoms. The van der Waals surface area contributed by atoms with Crippen molar-refractivity contribution < 1.29 is 33.7 Å². The first-order valence-electron chi connectivity index (χ1n) is 8.69. The lowest BCUT2D eigenvalue weighted by atomic mass is 10.2. The Hall–Kier alpha value is -3.08. The van der Waals surface area contributed by atoms with Crippen LogP contribution in [0, 0.1) is 0 Å². The summed E-state index contributed by atoms with van der Waals surface area (Å²) < 4.78 is 15.7. The van der Waals surface area contributed by atoms with Crippen LogP contribution in [0.3, 0.4) is 0 Å². The maximum absolute atomic E-state index is 11.7. The minimum absolute atomic E-state index is 0.109.